The first kappa shape index (κ1) is 17.9. The van der Waals surface area contributed by atoms with E-state index in [2.05, 4.69) is 10.5 Å². The van der Waals surface area contributed by atoms with Crippen LogP contribution in [0.15, 0.2) is 53.1 Å². The summed E-state index contributed by atoms with van der Waals surface area (Å²) in [7, 11) is 0. The van der Waals surface area contributed by atoms with Gasteiger partial charge in [-0.2, -0.15) is 0 Å². The van der Waals surface area contributed by atoms with E-state index < -0.39 is 17.7 Å². The molecule has 0 spiro atoms. The summed E-state index contributed by atoms with van der Waals surface area (Å²) in [6.07, 6.45) is 0. The van der Waals surface area contributed by atoms with Crippen LogP contribution in [0, 0.1) is 0 Å². The van der Waals surface area contributed by atoms with Gasteiger partial charge in [-0.1, -0.05) is 17.3 Å². The number of ether oxygens (including phenoxy) is 2. The van der Waals surface area contributed by atoms with E-state index in [1.165, 1.54) is 0 Å². The molecule has 0 radical (unpaired) electrons. The molecule has 3 aromatic rings. The number of nitrogens with one attached hydrogen (secondary N) is 1. The van der Waals surface area contributed by atoms with E-state index in [9.17, 15) is 14.4 Å². The summed E-state index contributed by atoms with van der Waals surface area (Å²) in [6, 6.07) is 13.6. The summed E-state index contributed by atoms with van der Waals surface area (Å²) in [4.78, 5) is 37.9. The van der Waals surface area contributed by atoms with Crippen LogP contribution in [0.25, 0.3) is 11.3 Å². The number of benzene rings is 2. The van der Waals surface area contributed by atoms with Crippen LogP contribution in [0.4, 0.5) is 0 Å². The highest BCUT2D eigenvalue weighted by atomic mass is 16.7. The van der Waals surface area contributed by atoms with Gasteiger partial charge in [0.05, 0.1) is 17.7 Å². The van der Waals surface area contributed by atoms with E-state index in [1.807, 2.05) is 6.07 Å². The van der Waals surface area contributed by atoms with Crippen molar-refractivity contribution in [3.8, 4) is 22.8 Å². The molecule has 2 aromatic carbocycles. The third-order valence-corrected chi connectivity index (χ3v) is 4.86. The van der Waals surface area contributed by atoms with Gasteiger partial charge in [0.2, 0.25) is 12.7 Å². The summed E-state index contributed by atoms with van der Waals surface area (Å²) in [6.45, 7) is -0.0884. The first-order valence-electron chi connectivity index (χ1n) is 9.18. The van der Waals surface area contributed by atoms with Gasteiger partial charge in [-0.05, 0) is 30.3 Å². The molecule has 0 unspecified atom stereocenters. The van der Waals surface area contributed by atoms with E-state index in [-0.39, 0.29) is 19.9 Å². The third kappa shape index (κ3) is 3.06. The van der Waals surface area contributed by atoms with Gasteiger partial charge < -0.3 is 19.3 Å². The fraction of sp³-hybridized carbons (Fsp3) is 0.143. The molecular formula is C21H15N3O6. The zero-order valence-corrected chi connectivity index (χ0v) is 15.6. The van der Waals surface area contributed by atoms with Gasteiger partial charge >= 0.3 is 0 Å². The molecule has 1 N–H and O–H groups in total. The van der Waals surface area contributed by atoms with Crippen molar-refractivity contribution in [2.24, 2.45) is 0 Å². The number of hydrogen-bond acceptors (Lipinski definition) is 7. The Labute approximate surface area is 170 Å². The lowest BCUT2D eigenvalue weighted by molar-refractivity contribution is -0.121. The second-order valence-electron chi connectivity index (χ2n) is 6.77. The summed E-state index contributed by atoms with van der Waals surface area (Å²) in [5, 5.41) is 6.59. The Balaban J connectivity index is 1.21. The highest BCUT2D eigenvalue weighted by molar-refractivity contribution is 6.22. The monoisotopic (exact) mass is 405 g/mol. The van der Waals surface area contributed by atoms with Crippen molar-refractivity contribution in [1.29, 1.82) is 0 Å². The maximum absolute atomic E-state index is 12.3. The van der Waals surface area contributed by atoms with E-state index in [0.717, 1.165) is 10.5 Å². The molecule has 0 aliphatic carbocycles. The van der Waals surface area contributed by atoms with E-state index in [1.54, 1.807) is 42.5 Å². The molecule has 0 fully saturated rings. The normalized spacial score (nSPS) is 14.2. The molecule has 9 nitrogen and oxygen atoms in total. The molecule has 150 valence electrons. The van der Waals surface area contributed by atoms with Crippen LogP contribution in [0.3, 0.4) is 0 Å². The lowest BCUT2D eigenvalue weighted by Gasteiger charge is -2.13. The van der Waals surface area contributed by atoms with Crippen molar-refractivity contribution >= 4 is 17.7 Å². The molecule has 0 saturated heterocycles. The first-order valence-corrected chi connectivity index (χ1v) is 9.18. The van der Waals surface area contributed by atoms with Gasteiger partial charge in [0.25, 0.3) is 11.8 Å². The van der Waals surface area contributed by atoms with Gasteiger partial charge in [-0.3, -0.25) is 19.3 Å². The molecule has 9 heteroatoms. The highest BCUT2D eigenvalue weighted by Crippen LogP contribution is 2.36. The molecular weight excluding hydrogens is 390 g/mol. The lowest BCUT2D eigenvalue weighted by Crippen LogP contribution is -2.40. The van der Waals surface area contributed by atoms with Gasteiger partial charge in [0.1, 0.15) is 12.2 Å². The quantitative estimate of drug-likeness (QED) is 0.646. The number of nitrogens with zero attached hydrogens (tertiary/aromatic N) is 2. The molecule has 2 aliphatic heterocycles. The molecule has 30 heavy (non-hydrogen) atoms. The number of hydrogen-bond donors (Lipinski definition) is 1. The highest BCUT2D eigenvalue weighted by Gasteiger charge is 2.36. The average Bonchev–Trinajstić information content (AvgIpc) is 3.48. The maximum Gasteiger partial charge on any atom is 0.262 e. The number of amides is 3. The minimum atomic E-state index is -0.475. The Bertz CT molecular complexity index is 1150. The smallest absolute Gasteiger partial charge is 0.262 e. The Morgan fingerprint density at radius 3 is 2.50 bits per heavy atom. The van der Waals surface area contributed by atoms with Crippen molar-refractivity contribution in [3.05, 3.63) is 65.4 Å². The van der Waals surface area contributed by atoms with Crippen LogP contribution in [-0.2, 0) is 11.3 Å². The molecule has 1 aromatic heterocycles. The summed E-state index contributed by atoms with van der Waals surface area (Å²) >= 11 is 0. The van der Waals surface area contributed by atoms with Gasteiger partial charge in [0, 0.05) is 11.6 Å². The zero-order chi connectivity index (χ0) is 20.7. The standard InChI is InChI=1S/C21H15N3O6/c25-19(10-24-20(26)14-3-1-2-4-15(14)21(24)27)22-9-13-8-17(30-23-13)12-5-6-16-18(7-12)29-11-28-16/h1-8H,9-11H2,(H,22,25). The van der Waals surface area contributed by atoms with Crippen LogP contribution in [0.5, 0.6) is 11.5 Å². The number of carbonyl (C=O) groups excluding carboxylic acids is 3. The van der Waals surface area contributed by atoms with E-state index in [0.29, 0.717) is 34.1 Å². The third-order valence-electron chi connectivity index (χ3n) is 4.86. The Morgan fingerprint density at radius 1 is 1.00 bits per heavy atom. The second-order valence-corrected chi connectivity index (χ2v) is 6.77. The Morgan fingerprint density at radius 2 is 1.73 bits per heavy atom. The van der Waals surface area contributed by atoms with Gasteiger partial charge in [-0.25, -0.2) is 0 Å². The fourth-order valence-corrected chi connectivity index (χ4v) is 3.35. The van der Waals surface area contributed by atoms with Crippen molar-refractivity contribution in [3.63, 3.8) is 0 Å². The molecule has 3 amide bonds. The molecule has 5 rings (SSSR count). The zero-order valence-electron chi connectivity index (χ0n) is 15.6. The first-order chi connectivity index (χ1) is 14.6. The molecule has 0 bridgehead atoms. The number of imide groups is 1. The SMILES string of the molecule is O=C(CN1C(=O)c2ccccc2C1=O)NCc1cc(-c2ccc3c(c2)OCO3)on1. The summed E-state index contributed by atoms with van der Waals surface area (Å²) in [5.74, 6) is 0.378. The van der Waals surface area contributed by atoms with Crippen LogP contribution in [0.1, 0.15) is 26.4 Å². The molecule has 2 aliphatic rings. The number of carbonyl (C=O) groups is 3. The minimum absolute atomic E-state index is 0.0933. The van der Waals surface area contributed by atoms with Crippen LogP contribution in [0.2, 0.25) is 0 Å². The predicted octanol–water partition coefficient (Wildman–Crippen LogP) is 1.98. The van der Waals surface area contributed by atoms with Gasteiger partial charge in [0.15, 0.2) is 17.3 Å². The van der Waals surface area contributed by atoms with E-state index >= 15 is 0 Å². The van der Waals surface area contributed by atoms with Crippen LogP contribution in [-0.4, -0.2) is 41.1 Å². The van der Waals surface area contributed by atoms with Crippen LogP contribution < -0.4 is 14.8 Å². The minimum Gasteiger partial charge on any atom is -0.454 e. The van der Waals surface area contributed by atoms with Crippen molar-refractivity contribution < 1.29 is 28.4 Å². The largest absolute Gasteiger partial charge is 0.454 e. The maximum atomic E-state index is 12.3. The second kappa shape index (κ2) is 7.03. The number of aromatic nitrogens is 1. The lowest BCUT2D eigenvalue weighted by atomic mass is 10.1. The summed E-state index contributed by atoms with van der Waals surface area (Å²) in [5.41, 5.74) is 1.87. The fourth-order valence-electron chi connectivity index (χ4n) is 3.35. The van der Waals surface area contributed by atoms with E-state index in [4.69, 9.17) is 14.0 Å². The number of rotatable bonds is 5. The Kier molecular flexibility index (Phi) is 4.20. The van der Waals surface area contributed by atoms with Crippen LogP contribution >= 0.6 is 0 Å². The molecule has 0 saturated carbocycles. The summed E-state index contributed by atoms with van der Waals surface area (Å²) < 4.78 is 16.0. The van der Waals surface area contributed by atoms with Crippen molar-refractivity contribution in [2.75, 3.05) is 13.3 Å². The Hall–Kier alpha value is -4.14. The topological polar surface area (TPSA) is 111 Å². The average molecular weight is 405 g/mol. The molecule has 3 heterocycles. The number of fused-ring (bicyclic) bond motifs is 2. The van der Waals surface area contributed by atoms with Crippen molar-refractivity contribution in [2.45, 2.75) is 6.54 Å². The van der Waals surface area contributed by atoms with Gasteiger partial charge in [-0.15, -0.1) is 0 Å². The predicted molar refractivity (Wildman–Crippen MR) is 102 cm³/mol. The van der Waals surface area contributed by atoms with Crippen molar-refractivity contribution in [1.82, 2.24) is 15.4 Å². The molecule has 0 atom stereocenters.